The quantitative estimate of drug-likeness (QED) is 0.442. The van der Waals surface area contributed by atoms with Gasteiger partial charge in [0.15, 0.2) is 5.41 Å². The van der Waals surface area contributed by atoms with Crippen LogP contribution in [0.15, 0.2) is 54.6 Å². The number of amides is 1. The first kappa shape index (κ1) is 18.5. The summed E-state index contributed by atoms with van der Waals surface area (Å²) in [5.41, 5.74) is 0.159. The van der Waals surface area contributed by atoms with Gasteiger partial charge in [-0.2, -0.15) is 0 Å². The molecule has 1 aliphatic rings. The first-order chi connectivity index (χ1) is 12.4. The molecule has 26 heavy (non-hydrogen) atoms. The smallest absolute Gasteiger partial charge is 0.327 e. The summed E-state index contributed by atoms with van der Waals surface area (Å²) in [4.78, 5) is 26.9. The van der Waals surface area contributed by atoms with Crippen LogP contribution in [0.25, 0.3) is 6.08 Å². The van der Waals surface area contributed by atoms with E-state index in [0.717, 1.165) is 5.56 Å². The molecule has 0 N–H and O–H groups in total. The molecule has 3 rings (SSSR count). The van der Waals surface area contributed by atoms with Gasteiger partial charge in [0.25, 0.3) is 0 Å². The van der Waals surface area contributed by atoms with Crippen LogP contribution in [0.5, 0.6) is 0 Å². The Morgan fingerprint density at radius 2 is 1.85 bits per heavy atom. The van der Waals surface area contributed by atoms with E-state index in [1.165, 1.54) is 12.0 Å². The van der Waals surface area contributed by atoms with E-state index < -0.39 is 17.4 Å². The number of benzene rings is 2. The molecule has 1 amide bonds. The van der Waals surface area contributed by atoms with Crippen molar-refractivity contribution in [3.63, 3.8) is 0 Å². The molecule has 2 aromatic rings. The molecule has 2 atom stereocenters. The van der Waals surface area contributed by atoms with E-state index in [1.54, 1.807) is 37.4 Å². The minimum absolute atomic E-state index is 0.326. The topological polar surface area (TPSA) is 46.6 Å². The van der Waals surface area contributed by atoms with Crippen LogP contribution in [0.2, 0.25) is 10.0 Å². The van der Waals surface area contributed by atoms with Crippen LogP contribution < -0.4 is 0 Å². The SMILES string of the molecule is COC(=O)[C@]1(/C=C/c2ccccc2)C(=O)N(C)[C@@H]1c1ccc(Cl)c(Cl)c1. The van der Waals surface area contributed by atoms with E-state index in [0.29, 0.717) is 15.6 Å². The molecule has 0 spiro atoms. The van der Waals surface area contributed by atoms with Crippen molar-refractivity contribution in [3.8, 4) is 0 Å². The molecule has 134 valence electrons. The monoisotopic (exact) mass is 389 g/mol. The van der Waals surface area contributed by atoms with Crippen LogP contribution in [-0.2, 0) is 14.3 Å². The number of nitrogens with zero attached hydrogens (tertiary/aromatic N) is 1. The van der Waals surface area contributed by atoms with E-state index in [9.17, 15) is 9.59 Å². The molecule has 1 fully saturated rings. The van der Waals surface area contributed by atoms with Crippen LogP contribution in [0.1, 0.15) is 17.2 Å². The van der Waals surface area contributed by atoms with Gasteiger partial charge in [0, 0.05) is 7.05 Å². The Balaban J connectivity index is 2.09. The Kier molecular flexibility index (Phi) is 5.08. The highest BCUT2D eigenvalue weighted by molar-refractivity contribution is 6.42. The average molecular weight is 390 g/mol. The molecule has 1 saturated heterocycles. The summed E-state index contributed by atoms with van der Waals surface area (Å²) in [7, 11) is 2.92. The minimum atomic E-state index is -1.43. The highest BCUT2D eigenvalue weighted by Gasteiger charge is 2.64. The number of carbonyl (C=O) groups excluding carboxylic acids is 2. The van der Waals surface area contributed by atoms with Gasteiger partial charge >= 0.3 is 5.97 Å². The number of β-lactam (4-membered cyclic amide) rings is 1. The van der Waals surface area contributed by atoms with E-state index in [2.05, 4.69) is 0 Å². The highest BCUT2D eigenvalue weighted by atomic mass is 35.5. The van der Waals surface area contributed by atoms with Crippen molar-refractivity contribution in [1.29, 1.82) is 0 Å². The van der Waals surface area contributed by atoms with Gasteiger partial charge in [-0.25, -0.2) is 0 Å². The predicted octanol–water partition coefficient (Wildman–Crippen LogP) is 4.38. The molecule has 0 saturated carbocycles. The second-order valence-electron chi connectivity index (χ2n) is 6.10. The Hall–Kier alpha value is -2.30. The number of hydrogen-bond donors (Lipinski definition) is 0. The Bertz CT molecular complexity index is 872. The normalized spacial score (nSPS) is 22.4. The molecule has 6 heteroatoms. The van der Waals surface area contributed by atoms with Gasteiger partial charge in [0.1, 0.15) is 0 Å². The molecule has 0 radical (unpaired) electrons. The number of halogens is 2. The first-order valence-corrected chi connectivity index (χ1v) is 8.72. The molecule has 4 nitrogen and oxygen atoms in total. The first-order valence-electron chi connectivity index (χ1n) is 7.96. The summed E-state index contributed by atoms with van der Waals surface area (Å²) < 4.78 is 4.97. The lowest BCUT2D eigenvalue weighted by Crippen LogP contribution is -2.64. The summed E-state index contributed by atoms with van der Waals surface area (Å²) in [5.74, 6) is -0.934. The lowest BCUT2D eigenvalue weighted by atomic mass is 9.67. The van der Waals surface area contributed by atoms with Crippen LogP contribution >= 0.6 is 23.2 Å². The molecule has 0 bridgehead atoms. The van der Waals surface area contributed by atoms with E-state index >= 15 is 0 Å². The predicted molar refractivity (Wildman–Crippen MR) is 102 cm³/mol. The third-order valence-electron chi connectivity index (χ3n) is 4.61. The van der Waals surface area contributed by atoms with Crippen molar-refractivity contribution >= 4 is 41.2 Å². The van der Waals surface area contributed by atoms with Crippen molar-refractivity contribution in [2.75, 3.05) is 14.2 Å². The molecule has 0 aromatic heterocycles. The van der Waals surface area contributed by atoms with Crippen LogP contribution in [0, 0.1) is 5.41 Å². The van der Waals surface area contributed by atoms with Gasteiger partial charge in [-0.05, 0) is 23.3 Å². The Labute approximate surface area is 162 Å². The zero-order valence-corrected chi connectivity index (χ0v) is 15.8. The van der Waals surface area contributed by atoms with E-state index in [1.807, 2.05) is 30.3 Å². The summed E-state index contributed by atoms with van der Waals surface area (Å²) in [6.07, 6.45) is 3.37. The Morgan fingerprint density at radius 1 is 1.15 bits per heavy atom. The molecule has 0 aliphatic carbocycles. The maximum Gasteiger partial charge on any atom is 0.327 e. The zero-order chi connectivity index (χ0) is 18.9. The van der Waals surface area contributed by atoms with Gasteiger partial charge in [0.2, 0.25) is 5.91 Å². The third-order valence-corrected chi connectivity index (χ3v) is 5.35. The highest BCUT2D eigenvalue weighted by Crippen LogP contribution is 2.52. The lowest BCUT2D eigenvalue weighted by molar-refractivity contribution is -0.180. The molecular weight excluding hydrogens is 373 g/mol. The number of likely N-dealkylation sites (tertiary alicyclic amines) is 1. The molecular formula is C20H17Cl2NO3. The average Bonchev–Trinajstić information content (AvgIpc) is 2.67. The van der Waals surface area contributed by atoms with E-state index in [4.69, 9.17) is 27.9 Å². The largest absolute Gasteiger partial charge is 0.468 e. The molecule has 2 aromatic carbocycles. The summed E-state index contributed by atoms with van der Waals surface area (Å²) >= 11 is 12.1. The maximum atomic E-state index is 12.8. The van der Waals surface area contributed by atoms with E-state index in [-0.39, 0.29) is 5.91 Å². The fraction of sp³-hybridized carbons (Fsp3) is 0.200. The van der Waals surface area contributed by atoms with Crippen LogP contribution in [0.3, 0.4) is 0 Å². The van der Waals surface area contributed by atoms with Crippen molar-refractivity contribution in [2.24, 2.45) is 5.41 Å². The van der Waals surface area contributed by atoms with Crippen LogP contribution in [-0.4, -0.2) is 30.9 Å². The van der Waals surface area contributed by atoms with Crippen LogP contribution in [0.4, 0.5) is 0 Å². The summed E-state index contributed by atoms with van der Waals surface area (Å²) in [6, 6.07) is 14.0. The maximum absolute atomic E-state index is 12.8. The molecule has 1 aliphatic heterocycles. The third kappa shape index (κ3) is 2.89. The number of hydrogen-bond acceptors (Lipinski definition) is 3. The lowest BCUT2D eigenvalue weighted by Gasteiger charge is -2.51. The summed E-state index contributed by atoms with van der Waals surface area (Å²) in [6.45, 7) is 0. The fourth-order valence-electron chi connectivity index (χ4n) is 3.32. The number of rotatable bonds is 4. The van der Waals surface area contributed by atoms with Gasteiger partial charge in [-0.1, -0.05) is 71.8 Å². The number of esters is 1. The Morgan fingerprint density at radius 3 is 2.46 bits per heavy atom. The van der Waals surface area contributed by atoms with Crippen molar-refractivity contribution in [1.82, 2.24) is 4.90 Å². The molecule has 0 unspecified atom stereocenters. The van der Waals surface area contributed by atoms with Crippen molar-refractivity contribution in [3.05, 3.63) is 75.8 Å². The number of methoxy groups -OCH3 is 1. The zero-order valence-electron chi connectivity index (χ0n) is 14.3. The van der Waals surface area contributed by atoms with Gasteiger partial charge in [-0.15, -0.1) is 0 Å². The van der Waals surface area contributed by atoms with Crippen molar-refractivity contribution in [2.45, 2.75) is 6.04 Å². The standard InChI is InChI=1S/C20H17Cl2NO3/c1-23-17(14-8-9-15(21)16(22)12-14)20(18(23)24,19(25)26-2)11-10-13-6-4-3-5-7-13/h3-12,17H,1-2H3/b11-10+/t17-,20+/m1/s1. The summed E-state index contributed by atoms with van der Waals surface area (Å²) in [5, 5.41) is 0.773. The second-order valence-corrected chi connectivity index (χ2v) is 6.91. The fourth-order valence-corrected chi connectivity index (χ4v) is 3.63. The van der Waals surface area contributed by atoms with Gasteiger partial charge in [-0.3, -0.25) is 9.59 Å². The number of ether oxygens (including phenoxy) is 1. The van der Waals surface area contributed by atoms with Gasteiger partial charge in [0.05, 0.1) is 23.2 Å². The minimum Gasteiger partial charge on any atom is -0.468 e. The van der Waals surface area contributed by atoms with Gasteiger partial charge < -0.3 is 9.64 Å². The molecule has 1 heterocycles. The second kappa shape index (κ2) is 7.14. The van der Waals surface area contributed by atoms with Crippen molar-refractivity contribution < 1.29 is 14.3 Å². The number of carbonyl (C=O) groups is 2.